The van der Waals surface area contributed by atoms with Crippen LogP contribution in [0.5, 0.6) is 5.75 Å². The molecule has 0 spiro atoms. The molecule has 0 aliphatic carbocycles. The fourth-order valence-corrected chi connectivity index (χ4v) is 3.75. The van der Waals surface area contributed by atoms with Gasteiger partial charge in [-0.05, 0) is 19.1 Å². The van der Waals surface area contributed by atoms with Crippen molar-refractivity contribution in [2.24, 2.45) is 0 Å². The van der Waals surface area contributed by atoms with E-state index in [1.54, 1.807) is 31.2 Å². The number of anilines is 1. The first-order chi connectivity index (χ1) is 16.4. The Balaban J connectivity index is 0.00000289. The number of carbonyl (C=O) groups is 1. The van der Waals surface area contributed by atoms with Gasteiger partial charge < -0.3 is 10.5 Å². The van der Waals surface area contributed by atoms with Crippen LogP contribution in [0.1, 0.15) is 29.2 Å². The molecule has 10 nitrogen and oxygen atoms in total. The van der Waals surface area contributed by atoms with Crippen LogP contribution in [-0.4, -0.2) is 35.3 Å². The summed E-state index contributed by atoms with van der Waals surface area (Å²) in [6.45, 7) is 1.64. The zero-order chi connectivity index (χ0) is 23.8. The zero-order valence-electron chi connectivity index (χ0n) is 17.9. The highest BCUT2D eigenvalue weighted by atomic mass is 35.5. The Labute approximate surface area is 205 Å². The van der Waals surface area contributed by atoms with Crippen LogP contribution in [0.3, 0.4) is 0 Å². The van der Waals surface area contributed by atoms with Crippen LogP contribution in [0, 0.1) is 6.92 Å². The maximum Gasteiger partial charge on any atom is 0.285 e. The summed E-state index contributed by atoms with van der Waals surface area (Å²) in [5, 5.41) is 7.24. The summed E-state index contributed by atoms with van der Waals surface area (Å²) in [7, 11) is 0. The fraction of sp³-hybridized carbons (Fsp3) is 0.125. The van der Waals surface area contributed by atoms with E-state index in [4.69, 9.17) is 22.1 Å². The molecule has 3 N–H and O–H groups in total. The summed E-state index contributed by atoms with van der Waals surface area (Å²) in [4.78, 5) is 34.5. The summed E-state index contributed by atoms with van der Waals surface area (Å²) in [6.07, 6.45) is 0. The van der Waals surface area contributed by atoms with E-state index in [-0.39, 0.29) is 47.5 Å². The third-order valence-corrected chi connectivity index (χ3v) is 5.36. The molecule has 0 amide bonds. The van der Waals surface area contributed by atoms with Gasteiger partial charge in [0.1, 0.15) is 23.7 Å². The maximum atomic E-state index is 13.1. The van der Waals surface area contributed by atoms with Gasteiger partial charge in [0.2, 0.25) is 0 Å². The number of hydrogen-bond donors (Lipinski definition) is 2. The van der Waals surface area contributed by atoms with Crippen molar-refractivity contribution in [2.45, 2.75) is 21.0 Å². The van der Waals surface area contributed by atoms with E-state index in [0.29, 0.717) is 17.2 Å². The number of aromatic amines is 1. The molecule has 0 radical (unpaired) electrons. The van der Waals surface area contributed by atoms with Crippen LogP contribution in [0.15, 0.2) is 65.5 Å². The second kappa shape index (κ2) is 9.43. The SMILES string of the molecule is C.Cc1cc(N)n(C(=O)c2c(Cl)cccc2OCc2cc(=O)n3[nH]c(-c4ccccc4)nc3n2)n1. The number of hydrogen-bond acceptors (Lipinski definition) is 7. The van der Waals surface area contributed by atoms with Gasteiger partial charge in [0.25, 0.3) is 17.2 Å². The number of aromatic nitrogens is 6. The lowest BCUT2D eigenvalue weighted by Crippen LogP contribution is -2.19. The van der Waals surface area contributed by atoms with Gasteiger partial charge >= 0.3 is 0 Å². The lowest BCUT2D eigenvalue weighted by Gasteiger charge is -2.12. The average Bonchev–Trinajstić information content (AvgIpc) is 3.41. The smallest absolute Gasteiger partial charge is 0.285 e. The van der Waals surface area contributed by atoms with Crippen LogP contribution in [0.4, 0.5) is 5.82 Å². The van der Waals surface area contributed by atoms with Crippen LogP contribution < -0.4 is 16.0 Å². The number of carbonyl (C=O) groups excluding carboxylic acids is 1. The molecule has 3 aromatic heterocycles. The largest absolute Gasteiger partial charge is 0.486 e. The van der Waals surface area contributed by atoms with Crippen molar-refractivity contribution < 1.29 is 9.53 Å². The summed E-state index contributed by atoms with van der Waals surface area (Å²) in [6, 6.07) is 17.1. The van der Waals surface area contributed by atoms with Crippen LogP contribution in [-0.2, 0) is 6.61 Å². The van der Waals surface area contributed by atoms with Crippen molar-refractivity contribution in [3.63, 3.8) is 0 Å². The summed E-state index contributed by atoms with van der Waals surface area (Å²) < 4.78 is 8.17. The van der Waals surface area contributed by atoms with Gasteiger partial charge in [-0.3, -0.25) is 14.7 Å². The molecule has 11 heteroatoms. The standard InChI is InChI=1S/C23H18ClN7O3.CH4/c1-13-10-18(25)30(28-13)22(33)20-16(24)8-5-9-17(20)34-12-15-11-19(32)31-23(26-15)27-21(29-31)14-6-3-2-4-7-14;/h2-11H,12,25H2,1H3,(H,26,27,29);1H4. The van der Waals surface area contributed by atoms with Gasteiger partial charge in [-0.1, -0.05) is 55.4 Å². The van der Waals surface area contributed by atoms with Crippen molar-refractivity contribution >= 4 is 29.1 Å². The number of nitrogen functional groups attached to an aromatic ring is 1. The van der Waals surface area contributed by atoms with Gasteiger partial charge in [-0.25, -0.2) is 4.98 Å². The van der Waals surface area contributed by atoms with E-state index in [1.165, 1.54) is 10.6 Å². The predicted molar refractivity (Wildman–Crippen MR) is 133 cm³/mol. The number of benzene rings is 2. The average molecular weight is 492 g/mol. The molecular weight excluding hydrogens is 470 g/mol. The van der Waals surface area contributed by atoms with Crippen LogP contribution in [0.2, 0.25) is 5.02 Å². The fourth-order valence-electron chi connectivity index (χ4n) is 3.50. The molecule has 0 atom stereocenters. The molecule has 0 aliphatic rings. The second-order valence-corrected chi connectivity index (χ2v) is 7.90. The summed E-state index contributed by atoms with van der Waals surface area (Å²) in [5.41, 5.74) is 7.40. The topological polar surface area (TPSA) is 133 Å². The van der Waals surface area contributed by atoms with E-state index in [0.717, 1.165) is 10.2 Å². The molecule has 0 fully saturated rings. The second-order valence-electron chi connectivity index (χ2n) is 7.49. The number of ether oxygens (including phenoxy) is 1. The molecular formula is C24H22ClN7O3. The number of H-pyrrole nitrogens is 1. The van der Waals surface area contributed by atoms with Gasteiger partial charge in [-0.2, -0.15) is 19.3 Å². The zero-order valence-corrected chi connectivity index (χ0v) is 18.7. The molecule has 178 valence electrons. The quantitative estimate of drug-likeness (QED) is 0.382. The highest BCUT2D eigenvalue weighted by Crippen LogP contribution is 2.28. The van der Waals surface area contributed by atoms with E-state index < -0.39 is 5.91 Å². The number of aryl methyl sites for hydroxylation is 1. The highest BCUT2D eigenvalue weighted by Gasteiger charge is 2.22. The molecule has 0 saturated heterocycles. The minimum atomic E-state index is -0.533. The molecule has 0 saturated carbocycles. The van der Waals surface area contributed by atoms with Gasteiger partial charge in [0.05, 0.1) is 16.4 Å². The number of nitrogens with two attached hydrogens (primary N) is 1. The minimum absolute atomic E-state index is 0. The first kappa shape index (κ1) is 23.7. The molecule has 2 aromatic carbocycles. The van der Waals surface area contributed by atoms with Gasteiger partial charge in [0, 0.05) is 17.7 Å². The first-order valence-corrected chi connectivity index (χ1v) is 10.6. The number of fused-ring (bicyclic) bond motifs is 1. The molecule has 0 unspecified atom stereocenters. The Morgan fingerprint density at radius 1 is 1.11 bits per heavy atom. The van der Waals surface area contributed by atoms with Crippen molar-refractivity contribution in [3.8, 4) is 17.1 Å². The van der Waals surface area contributed by atoms with Crippen molar-refractivity contribution in [1.29, 1.82) is 0 Å². The Hall–Kier alpha value is -4.44. The Morgan fingerprint density at radius 3 is 2.60 bits per heavy atom. The third kappa shape index (κ3) is 4.51. The third-order valence-electron chi connectivity index (χ3n) is 5.05. The first-order valence-electron chi connectivity index (χ1n) is 10.2. The lowest BCUT2D eigenvalue weighted by atomic mass is 10.2. The summed E-state index contributed by atoms with van der Waals surface area (Å²) >= 11 is 6.31. The molecule has 5 rings (SSSR count). The van der Waals surface area contributed by atoms with Crippen molar-refractivity contribution in [3.05, 3.63) is 93.0 Å². The molecule has 5 aromatic rings. The molecule has 0 aliphatic heterocycles. The number of nitrogens with zero attached hydrogens (tertiary/aromatic N) is 5. The van der Waals surface area contributed by atoms with E-state index in [9.17, 15) is 9.59 Å². The van der Waals surface area contributed by atoms with E-state index >= 15 is 0 Å². The van der Waals surface area contributed by atoms with Crippen LogP contribution in [0.25, 0.3) is 17.2 Å². The van der Waals surface area contributed by atoms with Crippen molar-refractivity contribution in [1.82, 2.24) is 29.4 Å². The normalized spacial score (nSPS) is 10.8. The predicted octanol–water partition coefficient (Wildman–Crippen LogP) is 3.73. The number of rotatable bonds is 5. The number of halogens is 1. The lowest BCUT2D eigenvalue weighted by molar-refractivity contribution is 0.0943. The maximum absolute atomic E-state index is 13.1. The van der Waals surface area contributed by atoms with Crippen molar-refractivity contribution in [2.75, 3.05) is 5.73 Å². The highest BCUT2D eigenvalue weighted by molar-refractivity contribution is 6.34. The van der Waals surface area contributed by atoms with E-state index in [1.807, 2.05) is 30.3 Å². The van der Waals surface area contributed by atoms with E-state index in [2.05, 4.69) is 20.2 Å². The molecule has 3 heterocycles. The Bertz CT molecular complexity index is 1590. The Kier molecular flexibility index (Phi) is 6.39. The summed E-state index contributed by atoms with van der Waals surface area (Å²) in [5.74, 6) is 0.569. The molecule has 0 bridgehead atoms. The monoisotopic (exact) mass is 491 g/mol. The van der Waals surface area contributed by atoms with Crippen LogP contribution >= 0.6 is 11.6 Å². The van der Waals surface area contributed by atoms with Gasteiger partial charge in [0.15, 0.2) is 5.82 Å². The van der Waals surface area contributed by atoms with Gasteiger partial charge in [-0.15, -0.1) is 0 Å². The Morgan fingerprint density at radius 2 is 1.89 bits per heavy atom. The minimum Gasteiger partial charge on any atom is -0.486 e. The number of nitrogens with one attached hydrogen (secondary N) is 1. The molecule has 35 heavy (non-hydrogen) atoms.